The van der Waals surface area contributed by atoms with E-state index in [1.165, 1.54) is 0 Å². The Hall–Kier alpha value is -2.05. The summed E-state index contributed by atoms with van der Waals surface area (Å²) in [5.41, 5.74) is 6.62. The molecular weight excluding hydrogens is 258 g/mol. The van der Waals surface area contributed by atoms with Crippen LogP contribution >= 0.6 is 0 Å². The Kier molecular flexibility index (Phi) is 3.23. The van der Waals surface area contributed by atoms with Crippen molar-refractivity contribution in [2.24, 2.45) is 7.05 Å². The number of carbonyl (C=O) groups excluding carboxylic acids is 2. The number of imide groups is 1. The second-order valence-electron chi connectivity index (χ2n) is 5.92. The summed E-state index contributed by atoms with van der Waals surface area (Å²) in [6.07, 6.45) is 0. The standard InChI is InChI=1S/C13H21N5O2/c1-7(2)10-9(14)11(17(5)16-10)18-6-8(19)15-12(20)13(18,3)4/h7H,6,14H2,1-5H3,(H,15,19,20). The number of amides is 2. The van der Waals surface area contributed by atoms with Gasteiger partial charge in [0.2, 0.25) is 5.91 Å². The van der Waals surface area contributed by atoms with Crippen LogP contribution < -0.4 is 16.0 Å². The Balaban J connectivity index is 2.55. The van der Waals surface area contributed by atoms with Crippen LogP contribution in [0, 0.1) is 0 Å². The number of hydrogen-bond acceptors (Lipinski definition) is 5. The molecule has 0 atom stereocenters. The van der Waals surface area contributed by atoms with E-state index in [1.54, 1.807) is 30.5 Å². The fraction of sp³-hybridized carbons (Fsp3) is 0.615. The molecule has 1 aromatic heterocycles. The van der Waals surface area contributed by atoms with Gasteiger partial charge in [0.1, 0.15) is 5.54 Å². The van der Waals surface area contributed by atoms with Crippen molar-refractivity contribution in [1.82, 2.24) is 15.1 Å². The Morgan fingerprint density at radius 2 is 1.95 bits per heavy atom. The largest absolute Gasteiger partial charge is 0.394 e. The van der Waals surface area contributed by atoms with Gasteiger partial charge >= 0.3 is 0 Å². The number of hydrogen-bond donors (Lipinski definition) is 2. The first-order valence-corrected chi connectivity index (χ1v) is 6.60. The molecule has 0 aliphatic carbocycles. The van der Waals surface area contributed by atoms with Gasteiger partial charge in [-0.05, 0) is 19.8 Å². The van der Waals surface area contributed by atoms with Gasteiger partial charge in [-0.1, -0.05) is 13.8 Å². The molecule has 1 aliphatic heterocycles. The van der Waals surface area contributed by atoms with Gasteiger partial charge in [0.15, 0.2) is 5.82 Å². The minimum absolute atomic E-state index is 0.0833. The van der Waals surface area contributed by atoms with Gasteiger partial charge in [0.25, 0.3) is 5.91 Å². The maximum atomic E-state index is 12.0. The number of nitrogen functional groups attached to an aromatic ring is 1. The number of aromatic nitrogens is 2. The molecule has 3 N–H and O–H groups in total. The fourth-order valence-corrected chi connectivity index (χ4v) is 2.42. The number of nitrogens with two attached hydrogens (primary N) is 1. The molecule has 20 heavy (non-hydrogen) atoms. The quantitative estimate of drug-likeness (QED) is 0.763. The number of carbonyl (C=O) groups is 2. The molecule has 2 rings (SSSR count). The third-order valence-electron chi connectivity index (χ3n) is 3.67. The lowest BCUT2D eigenvalue weighted by atomic mass is 9.98. The van der Waals surface area contributed by atoms with Gasteiger partial charge in [-0.3, -0.25) is 19.6 Å². The van der Waals surface area contributed by atoms with Crippen LogP contribution in [0.15, 0.2) is 0 Å². The first kappa shape index (κ1) is 14.4. The van der Waals surface area contributed by atoms with E-state index in [0.29, 0.717) is 11.5 Å². The molecule has 2 amide bonds. The summed E-state index contributed by atoms with van der Waals surface area (Å²) in [7, 11) is 1.77. The average Bonchev–Trinajstić information content (AvgIpc) is 2.60. The molecule has 0 unspecified atom stereocenters. The van der Waals surface area contributed by atoms with Gasteiger partial charge in [0.05, 0.1) is 17.9 Å². The molecule has 1 aliphatic rings. The average molecular weight is 279 g/mol. The molecule has 110 valence electrons. The normalized spacial score (nSPS) is 18.6. The number of aryl methyl sites for hydroxylation is 1. The van der Waals surface area contributed by atoms with Gasteiger partial charge in [-0.25, -0.2) is 0 Å². The van der Waals surface area contributed by atoms with Crippen molar-refractivity contribution >= 4 is 23.3 Å². The summed E-state index contributed by atoms with van der Waals surface area (Å²) < 4.78 is 1.64. The topological polar surface area (TPSA) is 93.2 Å². The van der Waals surface area contributed by atoms with E-state index in [-0.39, 0.29) is 24.3 Å². The van der Waals surface area contributed by atoms with Crippen LogP contribution in [0.2, 0.25) is 0 Å². The van der Waals surface area contributed by atoms with E-state index in [0.717, 1.165) is 5.69 Å². The van der Waals surface area contributed by atoms with E-state index in [9.17, 15) is 9.59 Å². The first-order valence-electron chi connectivity index (χ1n) is 6.60. The highest BCUT2D eigenvalue weighted by Crippen LogP contribution is 2.35. The van der Waals surface area contributed by atoms with Crippen molar-refractivity contribution in [1.29, 1.82) is 0 Å². The minimum Gasteiger partial charge on any atom is -0.394 e. The SMILES string of the molecule is CC(C)c1nn(C)c(N2CC(=O)NC(=O)C2(C)C)c1N. The highest BCUT2D eigenvalue weighted by atomic mass is 16.2. The Bertz CT molecular complexity index is 574. The fourth-order valence-electron chi connectivity index (χ4n) is 2.42. The van der Waals surface area contributed by atoms with E-state index in [4.69, 9.17) is 5.73 Å². The predicted octanol–water partition coefficient (Wildman–Crippen LogP) is 0.367. The maximum Gasteiger partial charge on any atom is 0.251 e. The number of anilines is 2. The summed E-state index contributed by atoms with van der Waals surface area (Å²) in [4.78, 5) is 25.4. The van der Waals surface area contributed by atoms with E-state index < -0.39 is 5.54 Å². The molecule has 1 saturated heterocycles. The number of rotatable bonds is 2. The molecule has 0 spiro atoms. The van der Waals surface area contributed by atoms with Crippen molar-refractivity contribution in [3.8, 4) is 0 Å². The lowest BCUT2D eigenvalue weighted by molar-refractivity contribution is -0.135. The van der Waals surface area contributed by atoms with Crippen molar-refractivity contribution in [2.75, 3.05) is 17.2 Å². The smallest absolute Gasteiger partial charge is 0.251 e. The lowest BCUT2D eigenvalue weighted by Gasteiger charge is -2.41. The van der Waals surface area contributed by atoms with Crippen LogP contribution in [-0.2, 0) is 16.6 Å². The Morgan fingerprint density at radius 3 is 2.45 bits per heavy atom. The van der Waals surface area contributed by atoms with Gasteiger partial charge in [-0.15, -0.1) is 0 Å². The van der Waals surface area contributed by atoms with Crippen LogP contribution in [0.3, 0.4) is 0 Å². The van der Waals surface area contributed by atoms with Crippen LogP contribution in [-0.4, -0.2) is 33.7 Å². The summed E-state index contributed by atoms with van der Waals surface area (Å²) in [6.45, 7) is 7.61. The number of nitrogens with one attached hydrogen (secondary N) is 1. The molecule has 0 aromatic carbocycles. The zero-order valence-electron chi connectivity index (χ0n) is 12.5. The van der Waals surface area contributed by atoms with Crippen LogP contribution in [0.5, 0.6) is 0 Å². The molecule has 7 heteroatoms. The summed E-state index contributed by atoms with van der Waals surface area (Å²) >= 11 is 0. The third kappa shape index (κ3) is 2.03. The highest BCUT2D eigenvalue weighted by molar-refractivity contribution is 6.07. The zero-order chi connectivity index (χ0) is 15.2. The lowest BCUT2D eigenvalue weighted by Crippen LogP contribution is -2.64. The number of piperazine rings is 1. The molecule has 0 bridgehead atoms. The van der Waals surface area contributed by atoms with Crippen LogP contribution in [0.25, 0.3) is 0 Å². The first-order chi connectivity index (χ1) is 9.16. The summed E-state index contributed by atoms with van der Waals surface area (Å²) in [6, 6.07) is 0. The van der Waals surface area contributed by atoms with Gasteiger partial charge in [-0.2, -0.15) is 5.10 Å². The van der Waals surface area contributed by atoms with E-state index in [2.05, 4.69) is 10.4 Å². The molecule has 0 saturated carbocycles. The van der Waals surface area contributed by atoms with Crippen molar-refractivity contribution in [2.45, 2.75) is 39.2 Å². The second kappa shape index (κ2) is 4.50. The van der Waals surface area contributed by atoms with Crippen LogP contribution in [0.4, 0.5) is 11.5 Å². The predicted molar refractivity (Wildman–Crippen MR) is 76.3 cm³/mol. The Morgan fingerprint density at radius 1 is 1.35 bits per heavy atom. The monoisotopic (exact) mass is 279 g/mol. The molecular formula is C13H21N5O2. The van der Waals surface area contributed by atoms with Crippen LogP contribution in [0.1, 0.15) is 39.3 Å². The minimum atomic E-state index is -0.857. The molecule has 1 aromatic rings. The number of nitrogens with zero attached hydrogens (tertiary/aromatic N) is 3. The molecule has 0 radical (unpaired) electrons. The van der Waals surface area contributed by atoms with Crippen molar-refractivity contribution in [3.05, 3.63) is 5.69 Å². The van der Waals surface area contributed by atoms with E-state index >= 15 is 0 Å². The second-order valence-corrected chi connectivity index (χ2v) is 5.92. The zero-order valence-corrected chi connectivity index (χ0v) is 12.5. The Labute approximate surface area is 118 Å². The van der Waals surface area contributed by atoms with Gasteiger partial charge in [0, 0.05) is 7.05 Å². The maximum absolute atomic E-state index is 12.0. The van der Waals surface area contributed by atoms with Gasteiger partial charge < -0.3 is 10.6 Å². The highest BCUT2D eigenvalue weighted by Gasteiger charge is 2.43. The molecule has 7 nitrogen and oxygen atoms in total. The van der Waals surface area contributed by atoms with E-state index in [1.807, 2.05) is 13.8 Å². The third-order valence-corrected chi connectivity index (χ3v) is 3.67. The summed E-state index contributed by atoms with van der Waals surface area (Å²) in [5, 5.41) is 6.76. The molecule has 1 fully saturated rings. The summed E-state index contributed by atoms with van der Waals surface area (Å²) in [5.74, 6) is 0.121. The molecule has 2 heterocycles. The van der Waals surface area contributed by atoms with Crippen molar-refractivity contribution < 1.29 is 9.59 Å². The van der Waals surface area contributed by atoms with Crippen molar-refractivity contribution in [3.63, 3.8) is 0 Å².